The SMILES string of the molecule is O=C(CCN1CCOCC1)NN=Cc1ccccc1OC(F)F. The summed E-state index contributed by atoms with van der Waals surface area (Å²) in [4.78, 5) is 13.8. The second-order valence-electron chi connectivity index (χ2n) is 4.91. The molecule has 1 aromatic carbocycles. The molecule has 1 N–H and O–H groups in total. The number of para-hydroxylation sites is 1. The smallest absolute Gasteiger partial charge is 0.387 e. The average Bonchev–Trinajstić information content (AvgIpc) is 2.55. The molecule has 1 aliphatic rings. The van der Waals surface area contributed by atoms with E-state index in [1.165, 1.54) is 12.3 Å². The van der Waals surface area contributed by atoms with Gasteiger partial charge in [0, 0.05) is 31.6 Å². The molecule has 0 aromatic heterocycles. The van der Waals surface area contributed by atoms with E-state index in [4.69, 9.17) is 4.74 Å². The van der Waals surface area contributed by atoms with Crippen molar-refractivity contribution in [2.24, 2.45) is 5.10 Å². The predicted octanol–water partition coefficient (Wildman–Crippen LogP) is 1.46. The molecule has 0 radical (unpaired) electrons. The number of ether oxygens (including phenoxy) is 2. The van der Waals surface area contributed by atoms with Crippen LogP contribution in [0.25, 0.3) is 0 Å². The molecule has 1 aliphatic heterocycles. The van der Waals surface area contributed by atoms with Gasteiger partial charge in [0.15, 0.2) is 0 Å². The topological polar surface area (TPSA) is 63.2 Å². The van der Waals surface area contributed by atoms with Gasteiger partial charge in [-0.05, 0) is 12.1 Å². The number of hydrogen-bond acceptors (Lipinski definition) is 5. The van der Waals surface area contributed by atoms with E-state index in [1.807, 2.05) is 0 Å². The van der Waals surface area contributed by atoms with Gasteiger partial charge in [-0.2, -0.15) is 13.9 Å². The molecule has 0 atom stereocenters. The molecule has 1 aromatic rings. The number of alkyl halides is 2. The molecule has 0 aliphatic carbocycles. The van der Waals surface area contributed by atoms with E-state index >= 15 is 0 Å². The summed E-state index contributed by atoms with van der Waals surface area (Å²) in [5, 5.41) is 3.78. The fraction of sp³-hybridized carbons (Fsp3) is 0.467. The molecule has 0 spiro atoms. The number of hydrogen-bond donors (Lipinski definition) is 1. The van der Waals surface area contributed by atoms with Crippen molar-refractivity contribution in [3.63, 3.8) is 0 Å². The highest BCUT2D eigenvalue weighted by molar-refractivity contribution is 5.85. The maximum atomic E-state index is 12.3. The molecule has 126 valence electrons. The lowest BCUT2D eigenvalue weighted by Crippen LogP contribution is -2.38. The molecule has 1 heterocycles. The first-order chi connectivity index (χ1) is 11.1. The van der Waals surface area contributed by atoms with Crippen molar-refractivity contribution in [1.82, 2.24) is 10.3 Å². The van der Waals surface area contributed by atoms with Gasteiger partial charge in [-0.15, -0.1) is 0 Å². The van der Waals surface area contributed by atoms with E-state index in [2.05, 4.69) is 20.2 Å². The summed E-state index contributed by atoms with van der Waals surface area (Å²) in [6, 6.07) is 6.23. The summed E-state index contributed by atoms with van der Waals surface area (Å²) in [5.74, 6) is -0.228. The molecule has 8 heteroatoms. The van der Waals surface area contributed by atoms with Gasteiger partial charge >= 0.3 is 6.61 Å². The minimum atomic E-state index is -2.91. The Bertz CT molecular complexity index is 534. The van der Waals surface area contributed by atoms with Crippen LogP contribution >= 0.6 is 0 Å². The van der Waals surface area contributed by atoms with Crippen LogP contribution in [0, 0.1) is 0 Å². The summed E-state index contributed by atoms with van der Waals surface area (Å²) < 4.78 is 34.2. The highest BCUT2D eigenvalue weighted by Crippen LogP contribution is 2.18. The quantitative estimate of drug-likeness (QED) is 0.608. The van der Waals surface area contributed by atoms with Crippen LogP contribution < -0.4 is 10.2 Å². The Hall–Kier alpha value is -2.06. The summed E-state index contributed by atoms with van der Waals surface area (Å²) in [5.41, 5.74) is 2.74. The Kier molecular flexibility index (Phi) is 6.89. The molecular formula is C15H19F2N3O3. The zero-order valence-corrected chi connectivity index (χ0v) is 12.6. The van der Waals surface area contributed by atoms with E-state index < -0.39 is 6.61 Å². The van der Waals surface area contributed by atoms with E-state index in [-0.39, 0.29) is 11.7 Å². The third-order valence-corrected chi connectivity index (χ3v) is 3.29. The van der Waals surface area contributed by atoms with Crippen molar-refractivity contribution >= 4 is 12.1 Å². The van der Waals surface area contributed by atoms with Gasteiger partial charge in [-0.1, -0.05) is 12.1 Å². The Morgan fingerprint density at radius 3 is 2.87 bits per heavy atom. The fourth-order valence-electron chi connectivity index (χ4n) is 2.10. The maximum absolute atomic E-state index is 12.3. The Labute approximate surface area is 133 Å². The van der Waals surface area contributed by atoms with Crippen LogP contribution in [0.15, 0.2) is 29.4 Å². The highest BCUT2D eigenvalue weighted by atomic mass is 19.3. The van der Waals surface area contributed by atoms with E-state index in [1.54, 1.807) is 18.2 Å². The lowest BCUT2D eigenvalue weighted by molar-refractivity contribution is -0.121. The number of halogens is 2. The number of nitrogens with zero attached hydrogens (tertiary/aromatic N) is 2. The molecule has 1 fully saturated rings. The van der Waals surface area contributed by atoms with Gasteiger partial charge in [-0.25, -0.2) is 5.43 Å². The normalized spacial score (nSPS) is 16.0. The zero-order valence-electron chi connectivity index (χ0n) is 12.6. The van der Waals surface area contributed by atoms with E-state index in [9.17, 15) is 13.6 Å². The summed E-state index contributed by atoms with van der Waals surface area (Å²) in [7, 11) is 0. The number of morpholine rings is 1. The second kappa shape index (κ2) is 9.16. The van der Waals surface area contributed by atoms with E-state index in [0.717, 1.165) is 13.1 Å². The largest absolute Gasteiger partial charge is 0.434 e. The van der Waals surface area contributed by atoms with Crippen LogP contribution in [0.3, 0.4) is 0 Å². The maximum Gasteiger partial charge on any atom is 0.387 e. The number of hydrazone groups is 1. The summed E-state index contributed by atoms with van der Waals surface area (Å²) >= 11 is 0. The van der Waals surface area contributed by atoms with Crippen LogP contribution in [0.5, 0.6) is 5.75 Å². The molecule has 0 unspecified atom stereocenters. The van der Waals surface area contributed by atoms with Crippen molar-refractivity contribution in [2.45, 2.75) is 13.0 Å². The molecule has 1 saturated heterocycles. The number of nitrogens with one attached hydrogen (secondary N) is 1. The van der Waals surface area contributed by atoms with Gasteiger partial charge in [0.05, 0.1) is 19.4 Å². The van der Waals surface area contributed by atoms with Crippen molar-refractivity contribution in [3.05, 3.63) is 29.8 Å². The Balaban J connectivity index is 1.78. The molecule has 1 amide bonds. The minimum absolute atomic E-state index is 0.00816. The van der Waals surface area contributed by atoms with Crippen LogP contribution in [-0.2, 0) is 9.53 Å². The predicted molar refractivity (Wildman–Crippen MR) is 80.7 cm³/mol. The third kappa shape index (κ3) is 6.29. The number of carbonyl (C=O) groups excluding carboxylic acids is 1. The number of rotatable bonds is 7. The zero-order chi connectivity index (χ0) is 16.5. The number of carbonyl (C=O) groups is 1. The molecule has 6 nitrogen and oxygen atoms in total. The minimum Gasteiger partial charge on any atom is -0.434 e. The molecular weight excluding hydrogens is 308 g/mol. The average molecular weight is 327 g/mol. The van der Waals surface area contributed by atoms with Crippen LogP contribution in [0.2, 0.25) is 0 Å². The van der Waals surface area contributed by atoms with Crippen molar-refractivity contribution < 1.29 is 23.0 Å². The summed E-state index contributed by atoms with van der Waals surface area (Å²) in [6.45, 7) is 0.716. The monoisotopic (exact) mass is 327 g/mol. The first-order valence-corrected chi connectivity index (χ1v) is 7.31. The first-order valence-electron chi connectivity index (χ1n) is 7.31. The lowest BCUT2D eigenvalue weighted by Gasteiger charge is -2.25. The van der Waals surface area contributed by atoms with Gasteiger partial charge in [0.2, 0.25) is 5.91 Å². The number of amides is 1. The van der Waals surface area contributed by atoms with E-state index in [0.29, 0.717) is 31.7 Å². The molecule has 0 bridgehead atoms. The summed E-state index contributed by atoms with van der Waals surface area (Å²) in [6.07, 6.45) is 1.59. The van der Waals surface area contributed by atoms with Gasteiger partial charge < -0.3 is 9.47 Å². The third-order valence-electron chi connectivity index (χ3n) is 3.29. The van der Waals surface area contributed by atoms with Crippen molar-refractivity contribution in [2.75, 3.05) is 32.8 Å². The lowest BCUT2D eigenvalue weighted by atomic mass is 10.2. The standard InChI is InChI=1S/C15H19F2N3O3/c16-15(17)23-13-4-2-1-3-12(13)11-18-19-14(21)5-6-20-7-9-22-10-8-20/h1-4,11,15H,5-10H2,(H,19,21). The first kappa shape index (κ1) is 17.3. The fourth-order valence-corrected chi connectivity index (χ4v) is 2.10. The van der Waals surface area contributed by atoms with Crippen LogP contribution in [0.4, 0.5) is 8.78 Å². The Morgan fingerprint density at radius 1 is 1.39 bits per heavy atom. The van der Waals surface area contributed by atoms with Crippen LogP contribution in [0.1, 0.15) is 12.0 Å². The number of benzene rings is 1. The van der Waals surface area contributed by atoms with Crippen LogP contribution in [-0.4, -0.2) is 56.5 Å². The second-order valence-corrected chi connectivity index (χ2v) is 4.91. The Morgan fingerprint density at radius 2 is 2.13 bits per heavy atom. The molecule has 23 heavy (non-hydrogen) atoms. The van der Waals surface area contributed by atoms with Crippen molar-refractivity contribution in [3.8, 4) is 5.75 Å². The van der Waals surface area contributed by atoms with Gasteiger partial charge in [-0.3, -0.25) is 9.69 Å². The van der Waals surface area contributed by atoms with Crippen molar-refractivity contribution in [1.29, 1.82) is 0 Å². The van der Waals surface area contributed by atoms with Gasteiger partial charge in [0.1, 0.15) is 5.75 Å². The molecule has 0 saturated carbocycles. The highest BCUT2D eigenvalue weighted by Gasteiger charge is 2.11. The molecule has 2 rings (SSSR count). The van der Waals surface area contributed by atoms with Gasteiger partial charge in [0.25, 0.3) is 0 Å².